The predicted octanol–water partition coefficient (Wildman–Crippen LogP) is 2.79. The Bertz CT molecular complexity index is 534. The summed E-state index contributed by atoms with van der Waals surface area (Å²) in [6, 6.07) is 3.58. The van der Waals surface area contributed by atoms with Gasteiger partial charge in [0.25, 0.3) is 5.91 Å². The van der Waals surface area contributed by atoms with Crippen LogP contribution in [0, 0.1) is 17.8 Å². The lowest BCUT2D eigenvalue weighted by atomic mass is 9.53. The second-order valence-electron chi connectivity index (χ2n) is 7.21. The molecule has 0 saturated heterocycles. The molecule has 4 aliphatic rings. The number of amides is 1. The van der Waals surface area contributed by atoms with Crippen molar-refractivity contribution in [2.24, 2.45) is 17.8 Å². The Labute approximate surface area is 125 Å². The van der Waals surface area contributed by atoms with Crippen LogP contribution in [0.15, 0.2) is 18.3 Å². The van der Waals surface area contributed by atoms with Gasteiger partial charge in [0.05, 0.1) is 7.11 Å². The zero-order chi connectivity index (χ0) is 14.4. The quantitative estimate of drug-likeness (QED) is 0.929. The number of aromatic nitrogens is 1. The van der Waals surface area contributed by atoms with Crippen LogP contribution in [-0.4, -0.2) is 23.5 Å². The fraction of sp³-hybridized carbons (Fsp3) is 0.647. The molecule has 4 bridgehead atoms. The van der Waals surface area contributed by atoms with Gasteiger partial charge in [-0.15, -0.1) is 0 Å². The second-order valence-corrected chi connectivity index (χ2v) is 7.21. The number of hydrogen-bond acceptors (Lipinski definition) is 3. The van der Waals surface area contributed by atoms with Gasteiger partial charge >= 0.3 is 0 Å². The van der Waals surface area contributed by atoms with Gasteiger partial charge in [0.15, 0.2) is 0 Å². The summed E-state index contributed by atoms with van der Waals surface area (Å²) in [5, 5.41) is 3.36. The summed E-state index contributed by atoms with van der Waals surface area (Å²) in [5.41, 5.74) is 0.586. The maximum atomic E-state index is 12.7. The Hall–Kier alpha value is -1.58. The number of nitrogens with zero attached hydrogens (tertiary/aromatic N) is 1. The minimum atomic E-state index is -0.0260. The Kier molecular flexibility index (Phi) is 2.95. The van der Waals surface area contributed by atoms with Crippen LogP contribution in [0.4, 0.5) is 0 Å². The maximum absolute atomic E-state index is 12.7. The van der Waals surface area contributed by atoms with Gasteiger partial charge in [-0.25, -0.2) is 4.98 Å². The molecule has 1 N–H and O–H groups in total. The van der Waals surface area contributed by atoms with E-state index in [9.17, 15) is 4.79 Å². The summed E-state index contributed by atoms with van der Waals surface area (Å²) in [6.07, 6.45) is 9.27. The zero-order valence-corrected chi connectivity index (χ0v) is 12.5. The summed E-state index contributed by atoms with van der Waals surface area (Å²) >= 11 is 0. The number of pyridine rings is 1. The van der Waals surface area contributed by atoms with Crippen molar-refractivity contribution >= 4 is 5.91 Å². The van der Waals surface area contributed by atoms with Crippen LogP contribution in [0.25, 0.3) is 0 Å². The molecule has 1 heterocycles. The first kappa shape index (κ1) is 13.1. The lowest BCUT2D eigenvalue weighted by Crippen LogP contribution is -2.59. The van der Waals surface area contributed by atoms with Crippen LogP contribution in [0.5, 0.6) is 5.88 Å². The molecule has 4 saturated carbocycles. The smallest absolute Gasteiger partial charge is 0.257 e. The zero-order valence-electron chi connectivity index (χ0n) is 12.5. The summed E-state index contributed by atoms with van der Waals surface area (Å²) in [5.74, 6) is 2.87. The van der Waals surface area contributed by atoms with Gasteiger partial charge in [-0.05, 0) is 68.4 Å². The average molecular weight is 286 g/mol. The van der Waals surface area contributed by atoms with Gasteiger partial charge < -0.3 is 10.1 Å². The van der Waals surface area contributed by atoms with E-state index in [1.807, 2.05) is 0 Å². The van der Waals surface area contributed by atoms with Gasteiger partial charge in [-0.1, -0.05) is 0 Å². The fourth-order valence-corrected chi connectivity index (χ4v) is 5.30. The van der Waals surface area contributed by atoms with Crippen molar-refractivity contribution in [3.05, 3.63) is 23.9 Å². The summed E-state index contributed by atoms with van der Waals surface area (Å²) < 4.78 is 5.22. The molecule has 0 atom stereocenters. The van der Waals surface area contributed by atoms with Crippen LogP contribution in [-0.2, 0) is 0 Å². The highest BCUT2D eigenvalue weighted by Gasteiger charge is 2.51. The molecule has 4 nitrogen and oxygen atoms in total. The molecule has 0 radical (unpaired) electrons. The molecule has 4 fully saturated rings. The molecule has 1 aromatic rings. The van der Waals surface area contributed by atoms with E-state index in [0.29, 0.717) is 11.4 Å². The van der Waals surface area contributed by atoms with E-state index in [-0.39, 0.29) is 11.4 Å². The first-order valence-corrected chi connectivity index (χ1v) is 7.99. The van der Waals surface area contributed by atoms with E-state index >= 15 is 0 Å². The van der Waals surface area contributed by atoms with E-state index in [1.54, 1.807) is 25.4 Å². The van der Waals surface area contributed by atoms with Gasteiger partial charge in [0.1, 0.15) is 5.56 Å². The van der Waals surface area contributed by atoms with Crippen molar-refractivity contribution in [1.82, 2.24) is 10.3 Å². The number of nitrogens with one attached hydrogen (secondary N) is 1. The molecule has 0 aromatic carbocycles. The molecule has 0 spiro atoms. The van der Waals surface area contributed by atoms with E-state index in [1.165, 1.54) is 19.3 Å². The lowest BCUT2D eigenvalue weighted by molar-refractivity contribution is -0.0167. The number of carbonyl (C=O) groups is 1. The van der Waals surface area contributed by atoms with Crippen LogP contribution >= 0.6 is 0 Å². The normalized spacial score (nSPS) is 36.5. The maximum Gasteiger partial charge on any atom is 0.257 e. The number of carbonyl (C=O) groups excluding carboxylic acids is 1. The topological polar surface area (TPSA) is 51.2 Å². The van der Waals surface area contributed by atoms with Crippen molar-refractivity contribution in [2.45, 2.75) is 44.1 Å². The van der Waals surface area contributed by atoms with Crippen LogP contribution < -0.4 is 10.1 Å². The molecule has 5 rings (SSSR count). The van der Waals surface area contributed by atoms with E-state index < -0.39 is 0 Å². The van der Waals surface area contributed by atoms with Crippen molar-refractivity contribution in [2.75, 3.05) is 7.11 Å². The average Bonchev–Trinajstić information content (AvgIpc) is 2.45. The van der Waals surface area contributed by atoms with Crippen LogP contribution in [0.1, 0.15) is 48.9 Å². The lowest BCUT2D eigenvalue weighted by Gasteiger charge is -2.56. The summed E-state index contributed by atoms with van der Waals surface area (Å²) in [6.45, 7) is 0. The molecule has 0 unspecified atom stereocenters. The van der Waals surface area contributed by atoms with Gasteiger partial charge in [0, 0.05) is 11.7 Å². The van der Waals surface area contributed by atoms with E-state index in [2.05, 4.69) is 10.3 Å². The van der Waals surface area contributed by atoms with E-state index in [0.717, 1.165) is 37.0 Å². The van der Waals surface area contributed by atoms with Crippen molar-refractivity contribution in [3.8, 4) is 5.88 Å². The largest absolute Gasteiger partial charge is 0.480 e. The minimum Gasteiger partial charge on any atom is -0.480 e. The highest BCUT2D eigenvalue weighted by Crippen LogP contribution is 2.55. The SMILES string of the molecule is COc1ncccc1C(=O)NC12CC3CC(CC(C3)C1)C2. The molecule has 1 amide bonds. The van der Waals surface area contributed by atoms with Crippen LogP contribution in [0.3, 0.4) is 0 Å². The third-order valence-electron chi connectivity index (χ3n) is 5.63. The van der Waals surface area contributed by atoms with Gasteiger partial charge in [0.2, 0.25) is 5.88 Å². The van der Waals surface area contributed by atoms with Crippen molar-refractivity contribution in [1.29, 1.82) is 0 Å². The Morgan fingerprint density at radius 1 is 1.24 bits per heavy atom. The highest BCUT2D eigenvalue weighted by atomic mass is 16.5. The van der Waals surface area contributed by atoms with Gasteiger partial charge in [-0.2, -0.15) is 0 Å². The third-order valence-corrected chi connectivity index (χ3v) is 5.63. The Balaban J connectivity index is 1.57. The Morgan fingerprint density at radius 3 is 2.43 bits per heavy atom. The molecular formula is C17H22N2O2. The molecule has 21 heavy (non-hydrogen) atoms. The monoisotopic (exact) mass is 286 g/mol. The second kappa shape index (κ2) is 4.72. The number of rotatable bonds is 3. The molecule has 4 aliphatic carbocycles. The molecule has 0 aliphatic heterocycles. The minimum absolute atomic E-state index is 0.0260. The number of ether oxygens (including phenoxy) is 1. The van der Waals surface area contributed by atoms with E-state index in [4.69, 9.17) is 4.74 Å². The van der Waals surface area contributed by atoms with Crippen LogP contribution in [0.2, 0.25) is 0 Å². The predicted molar refractivity (Wildman–Crippen MR) is 79.2 cm³/mol. The first-order valence-electron chi connectivity index (χ1n) is 7.99. The fourth-order valence-electron chi connectivity index (χ4n) is 5.30. The number of methoxy groups -OCH3 is 1. The third kappa shape index (κ3) is 2.21. The van der Waals surface area contributed by atoms with Crippen molar-refractivity contribution in [3.63, 3.8) is 0 Å². The molecule has 1 aromatic heterocycles. The van der Waals surface area contributed by atoms with Gasteiger partial charge in [-0.3, -0.25) is 4.79 Å². The van der Waals surface area contributed by atoms with Crippen molar-refractivity contribution < 1.29 is 9.53 Å². The first-order chi connectivity index (χ1) is 10.2. The molecule has 112 valence electrons. The summed E-state index contributed by atoms with van der Waals surface area (Å²) in [7, 11) is 1.56. The Morgan fingerprint density at radius 2 is 1.86 bits per heavy atom. The summed E-state index contributed by atoms with van der Waals surface area (Å²) in [4.78, 5) is 16.8. The highest BCUT2D eigenvalue weighted by molar-refractivity contribution is 5.96. The standard InChI is InChI=1S/C17H22N2O2/c1-21-16-14(3-2-4-18-16)15(20)19-17-8-11-5-12(9-17)7-13(6-11)10-17/h2-4,11-13H,5-10H2,1H3,(H,19,20). The molecular weight excluding hydrogens is 264 g/mol. The number of hydrogen-bond donors (Lipinski definition) is 1. The molecule has 4 heteroatoms.